The Morgan fingerprint density at radius 3 is 2.36 bits per heavy atom. The second kappa shape index (κ2) is 3.55. The Labute approximate surface area is 68.2 Å². The summed E-state index contributed by atoms with van der Waals surface area (Å²) >= 11 is 0. The van der Waals surface area contributed by atoms with Crippen LogP contribution >= 0.6 is 0 Å². The fourth-order valence-corrected chi connectivity index (χ4v) is 2.11. The first-order valence-corrected chi connectivity index (χ1v) is 4.44. The summed E-state index contributed by atoms with van der Waals surface area (Å²) in [6.07, 6.45) is 4.38. The summed E-state index contributed by atoms with van der Waals surface area (Å²) < 4.78 is 0. The smallest absolute Gasteiger partial charge is 0.0509 e. The van der Waals surface area contributed by atoms with E-state index >= 15 is 0 Å². The van der Waals surface area contributed by atoms with Crippen molar-refractivity contribution >= 4 is 0 Å². The molecule has 2 nitrogen and oxygen atoms in total. The fraction of sp³-hybridized carbons (Fsp3) is 1.00. The number of aliphatic hydroxyl groups is 2. The Hall–Kier alpha value is -0.0800. The van der Waals surface area contributed by atoms with Crippen molar-refractivity contribution in [2.75, 3.05) is 13.2 Å². The van der Waals surface area contributed by atoms with Crippen LogP contribution in [-0.4, -0.2) is 23.4 Å². The maximum Gasteiger partial charge on any atom is 0.0509 e. The summed E-state index contributed by atoms with van der Waals surface area (Å²) in [5.74, 6) is 0.669. The molecular formula is C9H18O2. The molecule has 1 fully saturated rings. The third-order valence-electron chi connectivity index (χ3n) is 2.86. The highest BCUT2D eigenvalue weighted by molar-refractivity contribution is 4.83. The molecule has 1 aliphatic carbocycles. The number of hydrogen-bond acceptors (Lipinski definition) is 2. The van der Waals surface area contributed by atoms with Crippen molar-refractivity contribution in [2.24, 2.45) is 11.3 Å². The maximum atomic E-state index is 9.10. The van der Waals surface area contributed by atoms with Crippen LogP contribution in [0.1, 0.15) is 32.6 Å². The zero-order valence-corrected chi connectivity index (χ0v) is 7.21. The lowest BCUT2D eigenvalue weighted by atomic mass is 9.71. The van der Waals surface area contributed by atoms with E-state index < -0.39 is 0 Å². The summed E-state index contributed by atoms with van der Waals surface area (Å²) in [6.45, 7) is 2.49. The van der Waals surface area contributed by atoms with Gasteiger partial charge in [-0.25, -0.2) is 0 Å². The highest BCUT2D eigenvalue weighted by Gasteiger charge is 2.33. The molecule has 0 spiro atoms. The second-order valence-electron chi connectivity index (χ2n) is 4.02. The van der Waals surface area contributed by atoms with Crippen molar-refractivity contribution in [3.8, 4) is 0 Å². The third-order valence-corrected chi connectivity index (χ3v) is 2.86. The minimum atomic E-state index is -0.155. The van der Waals surface area contributed by atoms with E-state index in [2.05, 4.69) is 6.92 Å². The largest absolute Gasteiger partial charge is 0.396 e. The average Bonchev–Trinajstić information content (AvgIpc) is 2.04. The fourth-order valence-electron chi connectivity index (χ4n) is 2.11. The van der Waals surface area contributed by atoms with Gasteiger partial charge in [0.2, 0.25) is 0 Å². The molecule has 1 aliphatic rings. The average molecular weight is 158 g/mol. The Bertz CT molecular complexity index is 119. The lowest BCUT2D eigenvalue weighted by Crippen LogP contribution is -2.34. The van der Waals surface area contributed by atoms with Crippen LogP contribution in [0.3, 0.4) is 0 Å². The van der Waals surface area contributed by atoms with Crippen molar-refractivity contribution in [2.45, 2.75) is 32.6 Å². The van der Waals surface area contributed by atoms with Gasteiger partial charge in [0.15, 0.2) is 0 Å². The first-order chi connectivity index (χ1) is 5.22. The normalized spacial score (nSPS) is 30.3. The van der Waals surface area contributed by atoms with E-state index in [9.17, 15) is 0 Å². The molecule has 2 N–H and O–H groups in total. The second-order valence-corrected chi connectivity index (χ2v) is 4.02. The predicted octanol–water partition coefficient (Wildman–Crippen LogP) is 1.17. The topological polar surface area (TPSA) is 40.5 Å². The van der Waals surface area contributed by atoms with E-state index in [1.54, 1.807) is 0 Å². The van der Waals surface area contributed by atoms with E-state index in [0.717, 1.165) is 19.3 Å². The molecule has 0 heterocycles. The van der Waals surface area contributed by atoms with E-state index in [-0.39, 0.29) is 18.6 Å². The summed E-state index contributed by atoms with van der Waals surface area (Å²) in [4.78, 5) is 0. The third kappa shape index (κ3) is 1.94. The minimum Gasteiger partial charge on any atom is -0.396 e. The van der Waals surface area contributed by atoms with Crippen molar-refractivity contribution in [1.29, 1.82) is 0 Å². The molecule has 0 unspecified atom stereocenters. The van der Waals surface area contributed by atoms with Crippen LogP contribution in [-0.2, 0) is 0 Å². The summed E-state index contributed by atoms with van der Waals surface area (Å²) in [6, 6.07) is 0. The first kappa shape index (κ1) is 9.01. The van der Waals surface area contributed by atoms with Crippen molar-refractivity contribution in [3.63, 3.8) is 0 Å². The Kier molecular flexibility index (Phi) is 2.90. The highest BCUT2D eigenvalue weighted by atomic mass is 16.3. The van der Waals surface area contributed by atoms with Crippen LogP contribution in [0.4, 0.5) is 0 Å². The van der Waals surface area contributed by atoms with Crippen molar-refractivity contribution < 1.29 is 10.2 Å². The predicted molar refractivity (Wildman–Crippen MR) is 44.2 cm³/mol. The van der Waals surface area contributed by atoms with Gasteiger partial charge in [0.1, 0.15) is 0 Å². The van der Waals surface area contributed by atoms with Crippen LogP contribution in [0.25, 0.3) is 0 Å². The molecule has 0 aromatic carbocycles. The Morgan fingerprint density at radius 2 is 2.00 bits per heavy atom. The molecule has 1 saturated carbocycles. The number of rotatable bonds is 2. The van der Waals surface area contributed by atoms with Gasteiger partial charge in [-0.15, -0.1) is 0 Å². The van der Waals surface area contributed by atoms with Gasteiger partial charge in [-0.05, 0) is 18.8 Å². The highest BCUT2D eigenvalue weighted by Crippen LogP contribution is 2.38. The molecule has 1 atom stereocenters. The molecule has 0 aliphatic heterocycles. The molecular weight excluding hydrogens is 140 g/mol. The van der Waals surface area contributed by atoms with Gasteiger partial charge in [-0.3, -0.25) is 0 Å². The van der Waals surface area contributed by atoms with Crippen molar-refractivity contribution in [1.82, 2.24) is 0 Å². The van der Waals surface area contributed by atoms with Crippen LogP contribution in [0.5, 0.6) is 0 Å². The van der Waals surface area contributed by atoms with Crippen LogP contribution < -0.4 is 0 Å². The summed E-state index contributed by atoms with van der Waals surface area (Å²) in [5.41, 5.74) is -0.155. The van der Waals surface area contributed by atoms with Gasteiger partial charge in [0, 0.05) is 5.41 Å². The molecule has 0 aromatic rings. The van der Waals surface area contributed by atoms with Crippen LogP contribution in [0, 0.1) is 11.3 Å². The molecule has 0 bridgehead atoms. The Morgan fingerprint density at radius 1 is 1.36 bits per heavy atom. The molecule has 0 saturated heterocycles. The molecule has 11 heavy (non-hydrogen) atoms. The Balaban J connectivity index is 2.52. The van der Waals surface area contributed by atoms with Gasteiger partial charge in [-0.1, -0.05) is 19.8 Å². The van der Waals surface area contributed by atoms with E-state index in [1.165, 1.54) is 6.42 Å². The summed E-state index contributed by atoms with van der Waals surface area (Å²) in [5, 5.41) is 18.2. The standard InChI is InChI=1S/C9H18O2/c1-8-3-2-4-9(5-8,6-10)7-11/h8,10-11H,2-7H2,1H3/t8-/m1/s1. The van der Waals surface area contributed by atoms with Gasteiger partial charge in [0.25, 0.3) is 0 Å². The SMILES string of the molecule is C[C@@H]1CCCC(CO)(CO)C1. The van der Waals surface area contributed by atoms with E-state index in [0.29, 0.717) is 5.92 Å². The van der Waals surface area contributed by atoms with Crippen LogP contribution in [0.2, 0.25) is 0 Å². The molecule has 0 amide bonds. The molecule has 66 valence electrons. The zero-order chi connectivity index (χ0) is 8.32. The zero-order valence-electron chi connectivity index (χ0n) is 7.21. The van der Waals surface area contributed by atoms with Gasteiger partial charge < -0.3 is 10.2 Å². The van der Waals surface area contributed by atoms with Crippen molar-refractivity contribution in [3.05, 3.63) is 0 Å². The molecule has 1 rings (SSSR count). The monoisotopic (exact) mass is 158 g/mol. The first-order valence-electron chi connectivity index (χ1n) is 4.44. The molecule has 2 heteroatoms. The van der Waals surface area contributed by atoms with E-state index in [4.69, 9.17) is 10.2 Å². The number of aliphatic hydroxyl groups excluding tert-OH is 2. The molecule has 0 aromatic heterocycles. The maximum absolute atomic E-state index is 9.10. The van der Waals surface area contributed by atoms with Gasteiger partial charge in [0.05, 0.1) is 13.2 Å². The van der Waals surface area contributed by atoms with E-state index in [1.807, 2.05) is 0 Å². The van der Waals surface area contributed by atoms with Gasteiger partial charge >= 0.3 is 0 Å². The van der Waals surface area contributed by atoms with Crippen LogP contribution in [0.15, 0.2) is 0 Å². The lowest BCUT2D eigenvalue weighted by Gasteiger charge is -2.36. The minimum absolute atomic E-state index is 0.147. The number of hydrogen-bond donors (Lipinski definition) is 2. The lowest BCUT2D eigenvalue weighted by molar-refractivity contribution is 0.00769. The summed E-state index contributed by atoms with van der Waals surface area (Å²) in [7, 11) is 0. The quantitative estimate of drug-likeness (QED) is 0.633. The van der Waals surface area contributed by atoms with Gasteiger partial charge in [-0.2, -0.15) is 0 Å². The molecule has 0 radical (unpaired) electrons.